The molecule has 2 heteroatoms. The summed E-state index contributed by atoms with van der Waals surface area (Å²) in [5, 5.41) is 9.91. The molecule has 0 bridgehead atoms. The van der Waals surface area contributed by atoms with Crippen molar-refractivity contribution < 1.29 is 5.11 Å². The van der Waals surface area contributed by atoms with Crippen LogP contribution in [0.1, 0.15) is 5.56 Å². The van der Waals surface area contributed by atoms with Gasteiger partial charge in [-0.25, -0.2) is 0 Å². The van der Waals surface area contributed by atoms with Gasteiger partial charge in [0.15, 0.2) is 0 Å². The predicted molar refractivity (Wildman–Crippen MR) is 52.5 cm³/mol. The summed E-state index contributed by atoms with van der Waals surface area (Å²) in [6, 6.07) is 10.0. The molecule has 2 rings (SSSR count). The third-order valence-corrected chi connectivity index (χ3v) is 2.07. The van der Waals surface area contributed by atoms with Crippen LogP contribution < -0.4 is 0 Å². The van der Waals surface area contributed by atoms with Gasteiger partial charge in [0.25, 0.3) is 0 Å². The first kappa shape index (κ1) is 8.20. The zero-order valence-corrected chi connectivity index (χ0v) is 7.27. The maximum Gasteiger partial charge on any atom is 0.0704 e. The largest absolute Gasteiger partial charge is 0.396 e. The van der Waals surface area contributed by atoms with Crippen LogP contribution in [-0.2, 0) is 6.42 Å². The summed E-state index contributed by atoms with van der Waals surface area (Å²) < 4.78 is 0. The Morgan fingerprint density at radius 1 is 1.23 bits per heavy atom. The van der Waals surface area contributed by atoms with Gasteiger partial charge in [0.05, 0.1) is 5.52 Å². The highest BCUT2D eigenvalue weighted by Crippen LogP contribution is 2.13. The van der Waals surface area contributed by atoms with Crippen molar-refractivity contribution in [2.24, 2.45) is 0 Å². The number of benzene rings is 1. The molecule has 0 aliphatic carbocycles. The fraction of sp³-hybridized carbons (Fsp3) is 0.182. The molecule has 0 atom stereocenters. The summed E-state index contributed by atoms with van der Waals surface area (Å²) >= 11 is 0. The molecule has 1 aromatic carbocycles. The first-order valence-corrected chi connectivity index (χ1v) is 4.34. The summed E-state index contributed by atoms with van der Waals surface area (Å²) in [5.41, 5.74) is 2.13. The molecular weight excluding hydrogens is 162 g/mol. The number of aliphatic hydroxyl groups is 1. The van der Waals surface area contributed by atoms with Gasteiger partial charge < -0.3 is 5.11 Å². The Morgan fingerprint density at radius 2 is 2.15 bits per heavy atom. The second kappa shape index (κ2) is 3.54. The number of pyridine rings is 1. The lowest BCUT2D eigenvalue weighted by molar-refractivity contribution is 0.299. The van der Waals surface area contributed by atoms with Gasteiger partial charge in [-0.3, -0.25) is 4.98 Å². The molecule has 66 valence electrons. The molecule has 0 aliphatic rings. The van der Waals surface area contributed by atoms with Crippen molar-refractivity contribution in [3.8, 4) is 0 Å². The maximum absolute atomic E-state index is 8.77. The minimum Gasteiger partial charge on any atom is -0.396 e. The molecule has 2 nitrogen and oxygen atoms in total. The van der Waals surface area contributed by atoms with Crippen LogP contribution in [0, 0.1) is 0 Å². The molecular formula is C11H11NO. The van der Waals surface area contributed by atoms with E-state index in [0.29, 0.717) is 6.42 Å². The molecule has 0 aliphatic heterocycles. The fourth-order valence-electron chi connectivity index (χ4n) is 1.40. The molecule has 1 N–H and O–H groups in total. The van der Waals surface area contributed by atoms with Crippen LogP contribution >= 0.6 is 0 Å². The lowest BCUT2D eigenvalue weighted by atomic mass is 10.1. The van der Waals surface area contributed by atoms with Gasteiger partial charge in [0.1, 0.15) is 0 Å². The molecule has 0 spiro atoms. The predicted octanol–water partition coefficient (Wildman–Crippen LogP) is 1.77. The number of nitrogens with zero attached hydrogens (tertiary/aromatic N) is 1. The van der Waals surface area contributed by atoms with E-state index in [2.05, 4.69) is 4.98 Å². The van der Waals surface area contributed by atoms with Crippen LogP contribution in [0.25, 0.3) is 10.9 Å². The number of aliphatic hydroxyl groups excluding tert-OH is 1. The molecule has 1 heterocycles. The van der Waals surface area contributed by atoms with E-state index in [1.54, 1.807) is 6.20 Å². The number of rotatable bonds is 2. The van der Waals surface area contributed by atoms with Crippen molar-refractivity contribution >= 4 is 10.9 Å². The molecule has 0 radical (unpaired) electrons. The maximum atomic E-state index is 8.77. The highest BCUT2D eigenvalue weighted by Gasteiger charge is 1.95. The Hall–Kier alpha value is -1.41. The van der Waals surface area contributed by atoms with Crippen LogP contribution in [0.3, 0.4) is 0 Å². The molecule has 0 amide bonds. The smallest absolute Gasteiger partial charge is 0.0704 e. The van der Waals surface area contributed by atoms with Gasteiger partial charge in [0.2, 0.25) is 0 Å². The lowest BCUT2D eigenvalue weighted by Crippen LogP contribution is -1.90. The first-order chi connectivity index (χ1) is 6.40. The minimum absolute atomic E-state index is 0.193. The van der Waals surface area contributed by atoms with E-state index in [1.165, 1.54) is 0 Å². The molecule has 2 aromatic rings. The highest BCUT2D eigenvalue weighted by atomic mass is 16.2. The van der Waals surface area contributed by atoms with Crippen molar-refractivity contribution in [2.45, 2.75) is 6.42 Å². The number of aromatic nitrogens is 1. The summed E-state index contributed by atoms with van der Waals surface area (Å²) in [4.78, 5) is 4.24. The van der Waals surface area contributed by atoms with Crippen molar-refractivity contribution in [1.29, 1.82) is 0 Å². The number of hydrogen-bond acceptors (Lipinski definition) is 2. The van der Waals surface area contributed by atoms with Crippen molar-refractivity contribution in [1.82, 2.24) is 4.98 Å². The monoisotopic (exact) mass is 173 g/mol. The van der Waals surface area contributed by atoms with E-state index < -0.39 is 0 Å². The van der Waals surface area contributed by atoms with Gasteiger partial charge >= 0.3 is 0 Å². The molecule has 13 heavy (non-hydrogen) atoms. The van der Waals surface area contributed by atoms with E-state index in [4.69, 9.17) is 5.11 Å². The summed E-state index contributed by atoms with van der Waals surface area (Å²) in [7, 11) is 0. The second-order valence-electron chi connectivity index (χ2n) is 3.00. The summed E-state index contributed by atoms with van der Waals surface area (Å²) in [5.74, 6) is 0. The van der Waals surface area contributed by atoms with Gasteiger partial charge in [-0.1, -0.05) is 18.2 Å². The zero-order valence-electron chi connectivity index (χ0n) is 7.27. The average Bonchev–Trinajstić information content (AvgIpc) is 2.18. The highest BCUT2D eigenvalue weighted by molar-refractivity contribution is 5.78. The Bertz CT molecular complexity index is 412. The molecule has 0 saturated carbocycles. The second-order valence-corrected chi connectivity index (χ2v) is 3.00. The van der Waals surface area contributed by atoms with Crippen molar-refractivity contribution in [3.05, 3.63) is 42.1 Å². The van der Waals surface area contributed by atoms with Gasteiger partial charge in [-0.15, -0.1) is 0 Å². The van der Waals surface area contributed by atoms with Crippen LogP contribution in [0.4, 0.5) is 0 Å². The number of fused-ring (bicyclic) bond motifs is 1. The normalized spacial score (nSPS) is 10.5. The molecule has 0 saturated heterocycles. The molecule has 0 unspecified atom stereocenters. The Labute approximate surface area is 76.9 Å². The van der Waals surface area contributed by atoms with Gasteiger partial charge in [-0.2, -0.15) is 0 Å². The quantitative estimate of drug-likeness (QED) is 0.750. The topological polar surface area (TPSA) is 33.1 Å². The third-order valence-electron chi connectivity index (χ3n) is 2.07. The van der Waals surface area contributed by atoms with Crippen LogP contribution in [-0.4, -0.2) is 16.7 Å². The average molecular weight is 173 g/mol. The van der Waals surface area contributed by atoms with E-state index in [9.17, 15) is 0 Å². The lowest BCUT2D eigenvalue weighted by Gasteiger charge is -2.00. The number of hydrogen-bond donors (Lipinski definition) is 1. The van der Waals surface area contributed by atoms with Crippen molar-refractivity contribution in [2.75, 3.05) is 6.61 Å². The fourth-order valence-corrected chi connectivity index (χ4v) is 1.40. The van der Waals surface area contributed by atoms with Crippen LogP contribution in [0.2, 0.25) is 0 Å². The van der Waals surface area contributed by atoms with E-state index >= 15 is 0 Å². The molecule has 0 fully saturated rings. The first-order valence-electron chi connectivity index (χ1n) is 4.34. The van der Waals surface area contributed by atoms with Crippen LogP contribution in [0.15, 0.2) is 36.5 Å². The van der Waals surface area contributed by atoms with Crippen LogP contribution in [0.5, 0.6) is 0 Å². The summed E-state index contributed by atoms with van der Waals surface area (Å²) in [6.07, 6.45) is 2.48. The molecule has 1 aromatic heterocycles. The van der Waals surface area contributed by atoms with Gasteiger partial charge in [0, 0.05) is 18.2 Å². The van der Waals surface area contributed by atoms with E-state index in [1.807, 2.05) is 30.3 Å². The third kappa shape index (κ3) is 1.68. The Kier molecular flexibility index (Phi) is 2.23. The van der Waals surface area contributed by atoms with Crippen molar-refractivity contribution in [3.63, 3.8) is 0 Å². The zero-order chi connectivity index (χ0) is 9.10. The Morgan fingerprint density at radius 3 is 3.00 bits per heavy atom. The van der Waals surface area contributed by atoms with E-state index in [-0.39, 0.29) is 6.61 Å². The van der Waals surface area contributed by atoms with E-state index in [0.717, 1.165) is 16.5 Å². The minimum atomic E-state index is 0.193. The van der Waals surface area contributed by atoms with Gasteiger partial charge in [-0.05, 0) is 24.1 Å². The standard InChI is InChI=1S/C11H11NO/c13-7-5-9-3-4-10-2-1-6-12-11(10)8-9/h1-4,6,8,13H,5,7H2. The summed E-state index contributed by atoms with van der Waals surface area (Å²) in [6.45, 7) is 0.193. The Balaban J connectivity index is 2.49. The SMILES string of the molecule is OCCc1ccc2cccnc2c1.